The fourth-order valence-electron chi connectivity index (χ4n) is 1.53. The van der Waals surface area contributed by atoms with Crippen molar-refractivity contribution < 1.29 is 14.6 Å². The summed E-state index contributed by atoms with van der Waals surface area (Å²) in [6.45, 7) is 3.83. The van der Waals surface area contributed by atoms with Crippen LogP contribution in [-0.2, 0) is 0 Å². The molecule has 0 fully saturated rings. The minimum absolute atomic E-state index is 0.0725. The Morgan fingerprint density at radius 1 is 1.47 bits per heavy atom. The molecule has 0 atom stereocenters. The number of carbonyl (C=O) groups is 1. The maximum Gasteiger partial charge on any atom is 0.336 e. The maximum atomic E-state index is 11.0. The number of halogens is 1. The van der Waals surface area contributed by atoms with Crippen LogP contribution in [0.1, 0.15) is 35.7 Å². The molecule has 1 aromatic rings. The summed E-state index contributed by atoms with van der Waals surface area (Å²) in [6.07, 6.45) is 0. The number of rotatable bonds is 3. The molecule has 0 aliphatic heterocycles. The van der Waals surface area contributed by atoms with E-state index in [1.165, 1.54) is 13.2 Å². The molecule has 0 radical (unpaired) electrons. The summed E-state index contributed by atoms with van der Waals surface area (Å²) in [5, 5.41) is 9.41. The monoisotopic (exact) mass is 228 g/mol. The third kappa shape index (κ3) is 2.42. The van der Waals surface area contributed by atoms with Crippen molar-refractivity contribution in [3.8, 4) is 5.75 Å². The lowest BCUT2D eigenvalue weighted by atomic mass is 9.96. The molecule has 1 aromatic carbocycles. The zero-order valence-electron chi connectivity index (χ0n) is 8.87. The number of carboxylic acid groups (broad SMARTS) is 1. The Balaban J connectivity index is 3.47. The van der Waals surface area contributed by atoms with Crippen molar-refractivity contribution in [3.63, 3.8) is 0 Å². The number of ether oxygens (including phenoxy) is 1. The van der Waals surface area contributed by atoms with Crippen LogP contribution in [0.4, 0.5) is 0 Å². The summed E-state index contributed by atoms with van der Waals surface area (Å²) >= 11 is 5.81. The number of carboxylic acids is 1. The SMILES string of the molecule is COc1cc(Cl)cc(C(=O)O)c1C(C)C. The summed E-state index contributed by atoms with van der Waals surface area (Å²) < 4.78 is 5.13. The van der Waals surface area contributed by atoms with E-state index in [1.807, 2.05) is 13.8 Å². The molecule has 4 heteroatoms. The second-order valence-corrected chi connectivity index (χ2v) is 3.97. The van der Waals surface area contributed by atoms with Crippen LogP contribution in [-0.4, -0.2) is 18.2 Å². The van der Waals surface area contributed by atoms with Gasteiger partial charge in [-0.15, -0.1) is 0 Å². The summed E-state index contributed by atoms with van der Waals surface area (Å²) in [4.78, 5) is 11.0. The van der Waals surface area contributed by atoms with Gasteiger partial charge in [-0.05, 0) is 18.1 Å². The van der Waals surface area contributed by atoms with Crippen molar-refractivity contribution in [1.29, 1.82) is 0 Å². The Morgan fingerprint density at radius 2 is 2.07 bits per heavy atom. The van der Waals surface area contributed by atoms with Crippen LogP contribution in [0.2, 0.25) is 5.02 Å². The minimum Gasteiger partial charge on any atom is -0.496 e. The van der Waals surface area contributed by atoms with E-state index < -0.39 is 5.97 Å². The van der Waals surface area contributed by atoms with Crippen LogP contribution in [0.25, 0.3) is 0 Å². The topological polar surface area (TPSA) is 46.5 Å². The molecule has 0 amide bonds. The van der Waals surface area contributed by atoms with Crippen LogP contribution >= 0.6 is 11.6 Å². The largest absolute Gasteiger partial charge is 0.496 e. The van der Waals surface area contributed by atoms with Gasteiger partial charge < -0.3 is 9.84 Å². The number of benzene rings is 1. The van der Waals surface area contributed by atoms with Gasteiger partial charge in [-0.25, -0.2) is 4.79 Å². The molecule has 0 aliphatic rings. The molecule has 1 N–H and O–H groups in total. The lowest BCUT2D eigenvalue weighted by molar-refractivity contribution is 0.0694. The first-order chi connectivity index (χ1) is 6.97. The molecule has 82 valence electrons. The molecule has 0 spiro atoms. The molecule has 0 bridgehead atoms. The summed E-state index contributed by atoms with van der Waals surface area (Å²) in [5.41, 5.74) is 0.878. The van der Waals surface area contributed by atoms with Gasteiger partial charge in [0.1, 0.15) is 5.75 Å². The molecule has 0 aromatic heterocycles. The molecule has 0 aliphatic carbocycles. The fourth-order valence-corrected chi connectivity index (χ4v) is 1.74. The van der Waals surface area contributed by atoms with Crippen molar-refractivity contribution in [1.82, 2.24) is 0 Å². The Labute approximate surface area is 93.6 Å². The predicted molar refractivity (Wildman–Crippen MR) is 59.1 cm³/mol. The zero-order chi connectivity index (χ0) is 11.6. The van der Waals surface area contributed by atoms with Gasteiger partial charge in [-0.3, -0.25) is 0 Å². The van der Waals surface area contributed by atoms with E-state index in [-0.39, 0.29) is 11.5 Å². The zero-order valence-corrected chi connectivity index (χ0v) is 9.63. The van der Waals surface area contributed by atoms with Crippen LogP contribution in [0, 0.1) is 0 Å². The number of aromatic carboxylic acids is 1. The number of hydrogen-bond acceptors (Lipinski definition) is 2. The van der Waals surface area contributed by atoms with Crippen molar-refractivity contribution in [3.05, 3.63) is 28.3 Å². The second-order valence-electron chi connectivity index (χ2n) is 3.53. The molecular formula is C11H13ClO3. The highest BCUT2D eigenvalue weighted by atomic mass is 35.5. The molecule has 15 heavy (non-hydrogen) atoms. The number of methoxy groups -OCH3 is 1. The van der Waals surface area contributed by atoms with Gasteiger partial charge in [0.2, 0.25) is 0 Å². The highest BCUT2D eigenvalue weighted by Gasteiger charge is 2.18. The average Bonchev–Trinajstić information content (AvgIpc) is 2.15. The molecule has 1 rings (SSSR count). The van der Waals surface area contributed by atoms with Gasteiger partial charge in [-0.1, -0.05) is 25.4 Å². The van der Waals surface area contributed by atoms with E-state index in [2.05, 4.69) is 0 Å². The Morgan fingerprint density at radius 3 is 2.47 bits per heavy atom. The van der Waals surface area contributed by atoms with E-state index in [9.17, 15) is 4.79 Å². The lowest BCUT2D eigenvalue weighted by Crippen LogP contribution is -2.06. The molecular weight excluding hydrogens is 216 g/mol. The van der Waals surface area contributed by atoms with Crippen molar-refractivity contribution in [2.75, 3.05) is 7.11 Å². The van der Waals surface area contributed by atoms with E-state index in [1.54, 1.807) is 6.07 Å². The Bertz CT molecular complexity index is 386. The average molecular weight is 229 g/mol. The van der Waals surface area contributed by atoms with E-state index in [0.29, 0.717) is 16.3 Å². The van der Waals surface area contributed by atoms with Gasteiger partial charge in [0.15, 0.2) is 0 Å². The first-order valence-corrected chi connectivity index (χ1v) is 4.96. The van der Waals surface area contributed by atoms with Gasteiger partial charge in [0.25, 0.3) is 0 Å². The third-order valence-electron chi connectivity index (χ3n) is 2.13. The maximum absolute atomic E-state index is 11.0. The third-order valence-corrected chi connectivity index (χ3v) is 2.35. The van der Waals surface area contributed by atoms with Gasteiger partial charge >= 0.3 is 5.97 Å². The first-order valence-electron chi connectivity index (χ1n) is 4.58. The van der Waals surface area contributed by atoms with E-state index in [4.69, 9.17) is 21.4 Å². The van der Waals surface area contributed by atoms with Gasteiger partial charge in [-0.2, -0.15) is 0 Å². The van der Waals surface area contributed by atoms with Crippen LogP contribution in [0.15, 0.2) is 12.1 Å². The first kappa shape index (κ1) is 11.9. The second kappa shape index (κ2) is 4.53. The predicted octanol–water partition coefficient (Wildman–Crippen LogP) is 3.17. The highest BCUT2D eigenvalue weighted by Crippen LogP contribution is 2.33. The smallest absolute Gasteiger partial charge is 0.336 e. The molecule has 0 unspecified atom stereocenters. The quantitative estimate of drug-likeness (QED) is 0.865. The Hall–Kier alpha value is -1.22. The van der Waals surface area contributed by atoms with E-state index in [0.717, 1.165) is 0 Å². The van der Waals surface area contributed by atoms with Gasteiger partial charge in [0, 0.05) is 10.6 Å². The summed E-state index contributed by atoms with van der Waals surface area (Å²) in [5.74, 6) is -0.391. The van der Waals surface area contributed by atoms with Crippen molar-refractivity contribution >= 4 is 17.6 Å². The minimum atomic E-state index is -0.987. The standard InChI is InChI=1S/C11H13ClO3/c1-6(2)10-8(11(13)14)4-7(12)5-9(10)15-3/h4-6H,1-3H3,(H,13,14). The number of hydrogen-bond donors (Lipinski definition) is 1. The normalized spacial score (nSPS) is 10.5. The van der Waals surface area contributed by atoms with Crippen LogP contribution < -0.4 is 4.74 Å². The highest BCUT2D eigenvalue weighted by molar-refractivity contribution is 6.31. The van der Waals surface area contributed by atoms with Crippen molar-refractivity contribution in [2.45, 2.75) is 19.8 Å². The molecule has 0 heterocycles. The fraction of sp³-hybridized carbons (Fsp3) is 0.364. The van der Waals surface area contributed by atoms with Crippen LogP contribution in [0.5, 0.6) is 5.75 Å². The molecule has 3 nitrogen and oxygen atoms in total. The summed E-state index contributed by atoms with van der Waals surface area (Å²) in [6, 6.07) is 3.07. The van der Waals surface area contributed by atoms with Crippen LogP contribution in [0.3, 0.4) is 0 Å². The van der Waals surface area contributed by atoms with E-state index >= 15 is 0 Å². The Kier molecular flexibility index (Phi) is 3.58. The molecule has 0 saturated heterocycles. The van der Waals surface area contributed by atoms with Gasteiger partial charge in [0.05, 0.1) is 12.7 Å². The lowest BCUT2D eigenvalue weighted by Gasteiger charge is -2.15. The summed E-state index contributed by atoms with van der Waals surface area (Å²) in [7, 11) is 1.50. The van der Waals surface area contributed by atoms with Crippen molar-refractivity contribution in [2.24, 2.45) is 0 Å². The molecule has 0 saturated carbocycles.